The molecule has 1 amide bonds. The molecule has 0 saturated carbocycles. The van der Waals surface area contributed by atoms with E-state index in [2.05, 4.69) is 26.2 Å². The standard InChI is InChI=1S/C23H14BrCl2FN2O2S/c24-17-9-13(10-19(26)21(17)31-12-14-3-1-2-4-18(14)25)11-20-22(30)29-23(32-20)28-16-7-5-15(27)6-8-16/h1-11H,12H2,(H,28,29,30)/b20-11+. The van der Waals surface area contributed by atoms with Gasteiger partial charge in [-0.15, -0.1) is 0 Å². The number of amidine groups is 1. The first-order valence-electron chi connectivity index (χ1n) is 9.29. The largest absolute Gasteiger partial charge is 0.486 e. The monoisotopic (exact) mass is 550 g/mol. The molecule has 162 valence electrons. The number of rotatable bonds is 5. The quantitative estimate of drug-likeness (QED) is 0.337. The second-order valence-electron chi connectivity index (χ2n) is 6.65. The molecule has 4 rings (SSSR count). The fraction of sp³-hybridized carbons (Fsp3) is 0.0435. The van der Waals surface area contributed by atoms with Crippen molar-refractivity contribution < 1.29 is 13.9 Å². The van der Waals surface area contributed by atoms with Gasteiger partial charge in [0.05, 0.1) is 20.1 Å². The topological polar surface area (TPSA) is 50.7 Å². The van der Waals surface area contributed by atoms with Gasteiger partial charge in [-0.2, -0.15) is 0 Å². The van der Waals surface area contributed by atoms with Crippen LogP contribution in [0.15, 0.2) is 75.0 Å². The first-order valence-corrected chi connectivity index (χ1v) is 11.7. The van der Waals surface area contributed by atoms with Crippen LogP contribution in [0.2, 0.25) is 10.0 Å². The summed E-state index contributed by atoms with van der Waals surface area (Å²) >= 11 is 17.3. The Morgan fingerprint density at radius 2 is 1.84 bits per heavy atom. The molecule has 9 heteroatoms. The molecule has 0 aromatic heterocycles. The summed E-state index contributed by atoms with van der Waals surface area (Å²) in [6.07, 6.45) is 1.71. The van der Waals surface area contributed by atoms with Gasteiger partial charge in [0.15, 0.2) is 10.9 Å². The first-order chi connectivity index (χ1) is 15.4. The Bertz CT molecular complexity index is 1230. The number of carbonyl (C=O) groups excluding carboxylic acids is 1. The van der Waals surface area contributed by atoms with Gasteiger partial charge in [0.2, 0.25) is 0 Å². The number of halogens is 4. The van der Waals surface area contributed by atoms with E-state index < -0.39 is 0 Å². The predicted octanol–water partition coefficient (Wildman–Crippen LogP) is 7.37. The number of hydrogen-bond acceptors (Lipinski definition) is 4. The van der Waals surface area contributed by atoms with E-state index in [1.165, 1.54) is 36.0 Å². The lowest BCUT2D eigenvalue weighted by Gasteiger charge is -2.12. The lowest BCUT2D eigenvalue weighted by Crippen LogP contribution is -2.19. The fourth-order valence-corrected chi connectivity index (χ4v) is 4.85. The van der Waals surface area contributed by atoms with Crippen molar-refractivity contribution in [2.75, 3.05) is 0 Å². The predicted molar refractivity (Wildman–Crippen MR) is 132 cm³/mol. The molecular formula is C23H14BrCl2FN2O2S. The van der Waals surface area contributed by atoms with Crippen LogP contribution in [0.5, 0.6) is 5.75 Å². The van der Waals surface area contributed by atoms with Crippen LogP contribution < -0.4 is 10.1 Å². The number of benzene rings is 3. The van der Waals surface area contributed by atoms with Crippen molar-refractivity contribution >= 4 is 73.7 Å². The lowest BCUT2D eigenvalue weighted by molar-refractivity contribution is -0.115. The van der Waals surface area contributed by atoms with Crippen molar-refractivity contribution in [1.82, 2.24) is 5.32 Å². The maximum Gasteiger partial charge on any atom is 0.264 e. The highest BCUT2D eigenvalue weighted by atomic mass is 79.9. The molecule has 0 spiro atoms. The third kappa shape index (κ3) is 5.53. The lowest BCUT2D eigenvalue weighted by atomic mass is 10.2. The second-order valence-corrected chi connectivity index (χ2v) is 9.35. The zero-order valence-electron chi connectivity index (χ0n) is 16.2. The molecule has 3 aromatic rings. The SMILES string of the molecule is O=C1NC(=Nc2ccc(F)cc2)S/C1=C/c1cc(Cl)c(OCc2ccccc2Cl)c(Br)c1. The van der Waals surface area contributed by atoms with Crippen molar-refractivity contribution in [3.05, 3.63) is 97.0 Å². The molecule has 1 saturated heterocycles. The maximum atomic E-state index is 13.1. The van der Waals surface area contributed by atoms with E-state index in [1.54, 1.807) is 18.2 Å². The molecule has 4 nitrogen and oxygen atoms in total. The Balaban J connectivity index is 1.51. The van der Waals surface area contributed by atoms with E-state index in [9.17, 15) is 9.18 Å². The number of amides is 1. The van der Waals surface area contributed by atoms with Gasteiger partial charge in [0.25, 0.3) is 5.91 Å². The smallest absolute Gasteiger partial charge is 0.264 e. The number of carbonyl (C=O) groups is 1. The van der Waals surface area contributed by atoms with Gasteiger partial charge in [-0.25, -0.2) is 9.38 Å². The van der Waals surface area contributed by atoms with E-state index in [1.807, 2.05) is 24.3 Å². The number of nitrogens with one attached hydrogen (secondary N) is 1. The Labute approximate surface area is 206 Å². The van der Waals surface area contributed by atoms with Crippen molar-refractivity contribution in [1.29, 1.82) is 0 Å². The van der Waals surface area contributed by atoms with Gasteiger partial charge in [-0.1, -0.05) is 41.4 Å². The maximum absolute atomic E-state index is 13.1. The minimum Gasteiger partial charge on any atom is -0.486 e. The Morgan fingerprint density at radius 1 is 1.09 bits per heavy atom. The van der Waals surface area contributed by atoms with Crippen LogP contribution in [-0.4, -0.2) is 11.1 Å². The number of hydrogen-bond donors (Lipinski definition) is 1. The van der Waals surface area contributed by atoms with Gasteiger partial charge < -0.3 is 10.1 Å². The van der Waals surface area contributed by atoms with E-state index in [0.717, 1.165) is 5.56 Å². The van der Waals surface area contributed by atoms with E-state index >= 15 is 0 Å². The summed E-state index contributed by atoms with van der Waals surface area (Å²) in [5.41, 5.74) is 2.10. The van der Waals surface area contributed by atoms with Crippen LogP contribution >= 0.6 is 50.9 Å². The van der Waals surface area contributed by atoms with E-state index in [0.29, 0.717) is 41.6 Å². The van der Waals surface area contributed by atoms with Crippen LogP contribution in [0.3, 0.4) is 0 Å². The number of aliphatic imine (C=N–C) groups is 1. The molecule has 1 heterocycles. The van der Waals surface area contributed by atoms with E-state index in [-0.39, 0.29) is 18.3 Å². The Hall–Kier alpha value is -2.32. The molecule has 1 N–H and O–H groups in total. The summed E-state index contributed by atoms with van der Waals surface area (Å²) in [6.45, 7) is 0.264. The summed E-state index contributed by atoms with van der Waals surface area (Å²) in [5, 5.41) is 4.12. The van der Waals surface area contributed by atoms with Crippen molar-refractivity contribution in [3.8, 4) is 5.75 Å². The third-order valence-electron chi connectivity index (χ3n) is 4.36. The van der Waals surface area contributed by atoms with Crippen molar-refractivity contribution in [2.24, 2.45) is 4.99 Å². The highest BCUT2D eigenvalue weighted by molar-refractivity contribution is 9.10. The summed E-state index contributed by atoms with van der Waals surface area (Å²) in [5.74, 6) is -0.141. The zero-order chi connectivity index (χ0) is 22.7. The third-order valence-corrected chi connectivity index (χ3v) is 6.50. The van der Waals surface area contributed by atoms with Crippen LogP contribution in [0.4, 0.5) is 10.1 Å². The minimum atomic E-state index is -0.348. The molecule has 0 unspecified atom stereocenters. The van der Waals surface area contributed by atoms with Crippen LogP contribution in [0, 0.1) is 5.82 Å². The molecule has 0 atom stereocenters. The fourth-order valence-electron chi connectivity index (χ4n) is 2.83. The van der Waals surface area contributed by atoms with Gasteiger partial charge in [0.1, 0.15) is 12.4 Å². The summed E-state index contributed by atoms with van der Waals surface area (Å²) in [6, 6.07) is 16.6. The van der Waals surface area contributed by atoms with Crippen molar-refractivity contribution in [2.45, 2.75) is 6.61 Å². The van der Waals surface area contributed by atoms with Crippen LogP contribution in [-0.2, 0) is 11.4 Å². The molecular weight excluding hydrogens is 538 g/mol. The summed E-state index contributed by atoms with van der Waals surface area (Å²) < 4.78 is 19.6. The Morgan fingerprint density at radius 3 is 2.56 bits per heavy atom. The summed E-state index contributed by atoms with van der Waals surface area (Å²) in [4.78, 5) is 17.1. The average molecular weight is 552 g/mol. The zero-order valence-corrected chi connectivity index (χ0v) is 20.2. The second kappa shape index (κ2) is 10.1. The number of nitrogens with zero attached hydrogens (tertiary/aromatic N) is 1. The van der Waals surface area contributed by atoms with Crippen LogP contribution in [0.1, 0.15) is 11.1 Å². The normalized spacial score (nSPS) is 15.9. The molecule has 3 aromatic carbocycles. The minimum absolute atomic E-state index is 0.264. The van der Waals surface area contributed by atoms with E-state index in [4.69, 9.17) is 27.9 Å². The van der Waals surface area contributed by atoms with Gasteiger partial charge >= 0.3 is 0 Å². The number of ether oxygens (including phenoxy) is 1. The van der Waals surface area contributed by atoms with Gasteiger partial charge in [-0.05, 0) is 81.8 Å². The van der Waals surface area contributed by atoms with Crippen molar-refractivity contribution in [3.63, 3.8) is 0 Å². The molecule has 1 fully saturated rings. The number of thioether (sulfide) groups is 1. The molecule has 0 bridgehead atoms. The first kappa shape index (κ1) is 22.9. The highest BCUT2D eigenvalue weighted by Crippen LogP contribution is 2.37. The van der Waals surface area contributed by atoms with Crippen LogP contribution in [0.25, 0.3) is 6.08 Å². The molecule has 32 heavy (non-hydrogen) atoms. The Kier molecular flexibility index (Phi) is 7.20. The molecule has 0 radical (unpaired) electrons. The average Bonchev–Trinajstić information content (AvgIpc) is 3.09. The highest BCUT2D eigenvalue weighted by Gasteiger charge is 2.24. The summed E-state index contributed by atoms with van der Waals surface area (Å²) in [7, 11) is 0. The molecule has 1 aliphatic heterocycles. The van der Waals surface area contributed by atoms with Gasteiger partial charge in [0, 0.05) is 10.6 Å². The van der Waals surface area contributed by atoms with Gasteiger partial charge in [-0.3, -0.25) is 4.79 Å². The molecule has 0 aliphatic carbocycles. The molecule has 1 aliphatic rings.